The van der Waals surface area contributed by atoms with Crippen LogP contribution in [0.1, 0.15) is 24.5 Å². The van der Waals surface area contributed by atoms with Crippen molar-refractivity contribution in [2.75, 3.05) is 6.61 Å². The van der Waals surface area contributed by atoms with Gasteiger partial charge in [0.1, 0.15) is 5.75 Å². The van der Waals surface area contributed by atoms with Crippen LogP contribution in [0.4, 0.5) is 0 Å². The van der Waals surface area contributed by atoms with Crippen LogP contribution in [0.25, 0.3) is 22.4 Å². The van der Waals surface area contributed by atoms with Gasteiger partial charge < -0.3 is 4.74 Å². The number of nitrogens with zero attached hydrogens (tertiary/aromatic N) is 3. The number of aromatic nitrogens is 3. The Morgan fingerprint density at radius 2 is 1.85 bits per heavy atom. The fourth-order valence-electron chi connectivity index (χ4n) is 2.69. The van der Waals surface area contributed by atoms with Gasteiger partial charge in [-0.25, -0.2) is 0 Å². The molecule has 0 N–H and O–H groups in total. The number of benzene rings is 2. The zero-order valence-electron chi connectivity index (χ0n) is 15.2. The first kappa shape index (κ1) is 17.4. The van der Waals surface area contributed by atoms with Gasteiger partial charge in [-0.2, -0.15) is 9.50 Å². The third kappa shape index (κ3) is 3.61. The number of rotatable bonds is 5. The molecule has 2 heterocycles. The quantitative estimate of drug-likeness (QED) is 0.534. The van der Waals surface area contributed by atoms with Crippen molar-refractivity contribution in [3.05, 3.63) is 74.5 Å². The van der Waals surface area contributed by atoms with E-state index in [9.17, 15) is 4.79 Å². The van der Waals surface area contributed by atoms with Crippen LogP contribution in [-0.2, 0) is 0 Å². The molecule has 2 aromatic heterocycles. The van der Waals surface area contributed by atoms with Gasteiger partial charge in [0.05, 0.1) is 11.1 Å². The number of thiazole rings is 1. The number of hydrogen-bond acceptors (Lipinski definition) is 5. The van der Waals surface area contributed by atoms with Crippen molar-refractivity contribution in [3.8, 4) is 17.1 Å². The maximum Gasteiger partial charge on any atom is 0.291 e. The highest BCUT2D eigenvalue weighted by atomic mass is 32.1. The molecule has 0 aliphatic heterocycles. The minimum absolute atomic E-state index is 0.146. The van der Waals surface area contributed by atoms with Crippen molar-refractivity contribution in [2.24, 2.45) is 0 Å². The van der Waals surface area contributed by atoms with Crippen molar-refractivity contribution < 1.29 is 4.74 Å². The Hall–Kier alpha value is -2.99. The highest BCUT2D eigenvalue weighted by molar-refractivity contribution is 7.15. The van der Waals surface area contributed by atoms with E-state index in [-0.39, 0.29) is 5.56 Å². The summed E-state index contributed by atoms with van der Waals surface area (Å²) in [7, 11) is 0. The first-order valence-electron chi connectivity index (χ1n) is 8.85. The second kappa shape index (κ2) is 7.32. The van der Waals surface area contributed by atoms with E-state index in [1.807, 2.05) is 61.5 Å². The Balaban J connectivity index is 1.66. The predicted molar refractivity (Wildman–Crippen MR) is 108 cm³/mol. The lowest BCUT2D eigenvalue weighted by atomic mass is 10.1. The van der Waals surface area contributed by atoms with E-state index in [4.69, 9.17) is 4.74 Å². The first-order valence-corrected chi connectivity index (χ1v) is 9.67. The molecule has 6 heteroatoms. The Morgan fingerprint density at radius 3 is 2.52 bits per heavy atom. The Kier molecular flexibility index (Phi) is 4.73. The normalized spacial score (nSPS) is 12.0. The zero-order valence-corrected chi connectivity index (χ0v) is 16.0. The summed E-state index contributed by atoms with van der Waals surface area (Å²) >= 11 is 1.35. The van der Waals surface area contributed by atoms with Gasteiger partial charge in [0.15, 0.2) is 5.82 Å². The molecule has 0 saturated heterocycles. The third-order valence-electron chi connectivity index (χ3n) is 4.14. The van der Waals surface area contributed by atoms with Crippen LogP contribution in [0.15, 0.2) is 53.3 Å². The van der Waals surface area contributed by atoms with Crippen LogP contribution in [0.2, 0.25) is 0 Å². The van der Waals surface area contributed by atoms with Gasteiger partial charge in [-0.3, -0.25) is 4.79 Å². The third-order valence-corrected chi connectivity index (χ3v) is 5.10. The van der Waals surface area contributed by atoms with Crippen LogP contribution >= 0.6 is 11.3 Å². The Morgan fingerprint density at radius 1 is 1.11 bits per heavy atom. The van der Waals surface area contributed by atoms with Gasteiger partial charge in [0, 0.05) is 5.56 Å². The smallest absolute Gasteiger partial charge is 0.291 e. The number of aryl methyl sites for hydroxylation is 1. The number of ether oxygens (including phenoxy) is 1. The molecule has 0 amide bonds. The highest BCUT2D eigenvalue weighted by Crippen LogP contribution is 2.17. The second-order valence-electron chi connectivity index (χ2n) is 6.33. The van der Waals surface area contributed by atoms with E-state index >= 15 is 0 Å². The molecule has 4 rings (SSSR count). The molecule has 0 fully saturated rings. The number of fused-ring (bicyclic) bond motifs is 1. The molecule has 27 heavy (non-hydrogen) atoms. The molecule has 5 nitrogen and oxygen atoms in total. The lowest BCUT2D eigenvalue weighted by Gasteiger charge is -2.03. The Bertz CT molecular complexity index is 1180. The summed E-state index contributed by atoms with van der Waals surface area (Å²) in [5.74, 6) is 1.41. The highest BCUT2D eigenvalue weighted by Gasteiger charge is 2.11. The fourth-order valence-corrected chi connectivity index (χ4v) is 3.60. The van der Waals surface area contributed by atoms with E-state index in [2.05, 4.69) is 17.0 Å². The lowest BCUT2D eigenvalue weighted by molar-refractivity contribution is 0.317. The molecule has 0 radical (unpaired) electrons. The maximum atomic E-state index is 12.7. The summed E-state index contributed by atoms with van der Waals surface area (Å²) in [5, 5.41) is 4.39. The average molecular weight is 377 g/mol. The summed E-state index contributed by atoms with van der Waals surface area (Å²) in [6.45, 7) is 4.80. The van der Waals surface area contributed by atoms with E-state index < -0.39 is 0 Å². The monoisotopic (exact) mass is 377 g/mol. The van der Waals surface area contributed by atoms with Crippen LogP contribution in [-0.4, -0.2) is 21.2 Å². The Labute approximate surface area is 160 Å². The molecule has 0 spiro atoms. The second-order valence-corrected chi connectivity index (χ2v) is 7.34. The van der Waals surface area contributed by atoms with Gasteiger partial charge >= 0.3 is 0 Å². The lowest BCUT2D eigenvalue weighted by Crippen LogP contribution is -2.23. The maximum absolute atomic E-state index is 12.7. The molecule has 2 aromatic carbocycles. The van der Waals surface area contributed by atoms with E-state index in [0.717, 1.165) is 23.3 Å². The minimum Gasteiger partial charge on any atom is -0.494 e. The molecule has 0 saturated carbocycles. The summed E-state index contributed by atoms with van der Waals surface area (Å²) in [6.07, 6.45) is 2.83. The molecule has 0 unspecified atom stereocenters. The SMILES string of the molecule is CCCOc1ccc(/C=c2/sc3nc(-c4ccc(C)cc4)nn3c2=O)cc1. The van der Waals surface area contributed by atoms with Crippen molar-refractivity contribution in [1.82, 2.24) is 14.6 Å². The average Bonchev–Trinajstić information content (AvgIpc) is 3.22. The molecular formula is C21H19N3O2S. The van der Waals surface area contributed by atoms with Crippen LogP contribution in [0.3, 0.4) is 0 Å². The molecule has 136 valence electrons. The summed E-state index contributed by atoms with van der Waals surface area (Å²) < 4.78 is 7.58. The predicted octanol–water partition coefficient (Wildman–Crippen LogP) is 3.46. The fraction of sp³-hybridized carbons (Fsp3) is 0.190. The van der Waals surface area contributed by atoms with Crippen LogP contribution < -0.4 is 14.8 Å². The topological polar surface area (TPSA) is 56.5 Å². The molecule has 0 aliphatic carbocycles. The molecule has 0 atom stereocenters. The van der Waals surface area contributed by atoms with Gasteiger partial charge in [0.25, 0.3) is 5.56 Å². The van der Waals surface area contributed by atoms with Crippen molar-refractivity contribution in [2.45, 2.75) is 20.3 Å². The summed E-state index contributed by atoms with van der Waals surface area (Å²) in [6, 6.07) is 15.7. The van der Waals surface area contributed by atoms with Crippen LogP contribution in [0.5, 0.6) is 5.75 Å². The van der Waals surface area contributed by atoms with Crippen molar-refractivity contribution in [1.29, 1.82) is 0 Å². The molecule has 0 aliphatic rings. The van der Waals surface area contributed by atoms with E-state index in [1.54, 1.807) is 0 Å². The standard InChI is InChI=1S/C21H19N3O2S/c1-3-12-26-17-10-6-15(7-11-17)13-18-20(25)24-21(27-18)22-19(23-24)16-8-4-14(2)5-9-16/h4-11,13H,3,12H2,1-2H3/b18-13+. The number of hydrogen-bond donors (Lipinski definition) is 0. The van der Waals surface area contributed by atoms with E-state index in [1.165, 1.54) is 21.4 Å². The van der Waals surface area contributed by atoms with Gasteiger partial charge in [-0.1, -0.05) is 60.2 Å². The van der Waals surface area contributed by atoms with E-state index in [0.29, 0.717) is 21.9 Å². The van der Waals surface area contributed by atoms with Crippen molar-refractivity contribution >= 4 is 22.4 Å². The van der Waals surface area contributed by atoms with Gasteiger partial charge in [-0.05, 0) is 37.1 Å². The molecular weight excluding hydrogens is 358 g/mol. The largest absolute Gasteiger partial charge is 0.494 e. The molecule has 0 bridgehead atoms. The first-order chi connectivity index (χ1) is 13.1. The van der Waals surface area contributed by atoms with Crippen LogP contribution in [0, 0.1) is 6.92 Å². The van der Waals surface area contributed by atoms with Crippen molar-refractivity contribution in [3.63, 3.8) is 0 Å². The van der Waals surface area contributed by atoms with Gasteiger partial charge in [0.2, 0.25) is 4.96 Å². The van der Waals surface area contributed by atoms with Gasteiger partial charge in [-0.15, -0.1) is 5.10 Å². The summed E-state index contributed by atoms with van der Waals surface area (Å²) in [5.41, 5.74) is 2.88. The minimum atomic E-state index is -0.146. The summed E-state index contributed by atoms with van der Waals surface area (Å²) in [4.78, 5) is 17.8. The molecule has 4 aromatic rings. The zero-order chi connectivity index (χ0) is 18.8.